The summed E-state index contributed by atoms with van der Waals surface area (Å²) in [7, 11) is -3.85. The number of hydrogen-bond donors (Lipinski definition) is 2. The average molecular weight is 359 g/mol. The number of benzene rings is 2. The first-order valence-electron chi connectivity index (χ1n) is 8.14. The second-order valence-electron chi connectivity index (χ2n) is 6.59. The molecule has 0 radical (unpaired) electrons. The van der Waals surface area contributed by atoms with Gasteiger partial charge in [0.25, 0.3) is 0 Å². The fraction of sp³-hybridized carbons (Fsp3) is 0.316. The lowest BCUT2D eigenvalue weighted by Crippen LogP contribution is -2.39. The van der Waals surface area contributed by atoms with Gasteiger partial charge in [-0.2, -0.15) is 0 Å². The van der Waals surface area contributed by atoms with Gasteiger partial charge in [0.2, 0.25) is 0 Å². The molecule has 0 saturated heterocycles. The fourth-order valence-electron chi connectivity index (χ4n) is 3.35. The van der Waals surface area contributed by atoms with Crippen LogP contribution in [0.5, 0.6) is 0 Å². The molecule has 1 saturated carbocycles. The molecule has 0 aliphatic heterocycles. The maximum atomic E-state index is 13.0. The number of hydrogen-bond acceptors (Lipinski definition) is 4. The van der Waals surface area contributed by atoms with E-state index in [0.29, 0.717) is 5.56 Å². The summed E-state index contributed by atoms with van der Waals surface area (Å²) in [5.41, 5.74) is 6.92. The summed E-state index contributed by atoms with van der Waals surface area (Å²) in [6, 6.07) is 13.7. The van der Waals surface area contributed by atoms with Crippen LogP contribution in [-0.4, -0.2) is 30.3 Å². The maximum absolute atomic E-state index is 13.0. The van der Waals surface area contributed by atoms with E-state index in [9.17, 15) is 18.3 Å². The van der Waals surface area contributed by atoms with Crippen LogP contribution in [0.3, 0.4) is 0 Å². The molecule has 2 aromatic carbocycles. The predicted molar refractivity (Wildman–Crippen MR) is 95.3 cm³/mol. The normalized spacial score (nSPS) is 25.6. The number of nitrogens with two attached hydrogens (primary N) is 1. The number of aliphatic carboxylic acids is 1. The van der Waals surface area contributed by atoms with Gasteiger partial charge in [-0.15, -0.1) is 0 Å². The first-order valence-corrected chi connectivity index (χ1v) is 9.69. The van der Waals surface area contributed by atoms with Crippen molar-refractivity contribution >= 4 is 15.8 Å². The van der Waals surface area contributed by atoms with E-state index in [1.165, 1.54) is 12.1 Å². The van der Waals surface area contributed by atoms with Gasteiger partial charge in [-0.25, -0.2) is 8.42 Å². The fourth-order valence-corrected chi connectivity index (χ4v) is 5.58. The zero-order valence-electron chi connectivity index (χ0n) is 14.1. The summed E-state index contributed by atoms with van der Waals surface area (Å²) in [5.74, 6) is -2.06. The Bertz CT molecular complexity index is 903. The molecule has 6 heteroatoms. The molecule has 132 valence electrons. The number of sulfone groups is 1. The Labute approximate surface area is 147 Å². The Balaban J connectivity index is 2.03. The van der Waals surface area contributed by atoms with Crippen LogP contribution in [0.1, 0.15) is 29.5 Å². The largest absolute Gasteiger partial charge is 0.480 e. The molecule has 3 N–H and O–H groups in total. The monoisotopic (exact) mass is 359 g/mol. The van der Waals surface area contributed by atoms with Gasteiger partial charge in [-0.05, 0) is 36.6 Å². The van der Waals surface area contributed by atoms with Crippen molar-refractivity contribution < 1.29 is 18.3 Å². The molecule has 1 aliphatic carbocycles. The van der Waals surface area contributed by atoms with Crippen molar-refractivity contribution in [2.24, 2.45) is 5.73 Å². The lowest BCUT2D eigenvalue weighted by Gasteiger charge is -2.07. The van der Waals surface area contributed by atoms with Gasteiger partial charge in [0, 0.05) is 5.92 Å². The molecule has 0 spiro atoms. The van der Waals surface area contributed by atoms with Crippen LogP contribution in [0, 0.1) is 6.92 Å². The Kier molecular flexibility index (Phi) is 4.21. The highest BCUT2D eigenvalue weighted by Gasteiger charge is 2.74. The third-order valence-electron chi connectivity index (χ3n) is 4.98. The summed E-state index contributed by atoms with van der Waals surface area (Å²) in [4.78, 5) is 11.8. The number of carboxylic acid groups (broad SMARTS) is 1. The van der Waals surface area contributed by atoms with Crippen LogP contribution >= 0.6 is 0 Å². The van der Waals surface area contributed by atoms with Crippen molar-refractivity contribution in [2.75, 3.05) is 0 Å². The Morgan fingerprint density at radius 1 is 1.12 bits per heavy atom. The van der Waals surface area contributed by atoms with Crippen molar-refractivity contribution in [3.63, 3.8) is 0 Å². The molecule has 1 aliphatic rings. The molecule has 0 bridgehead atoms. The minimum atomic E-state index is -3.85. The minimum absolute atomic E-state index is 0.104. The SMILES string of the molecule is CCc1ccc([C@H]2[C@H](S(=O)(=O)c3ccc(C)cc3)[C@@]2(N)C(=O)O)cc1. The molecule has 0 aromatic heterocycles. The van der Waals surface area contributed by atoms with Gasteiger partial charge in [0.05, 0.1) is 4.90 Å². The van der Waals surface area contributed by atoms with Crippen LogP contribution in [-0.2, 0) is 21.1 Å². The smallest absolute Gasteiger partial charge is 0.325 e. The van der Waals surface area contributed by atoms with Gasteiger partial charge in [-0.1, -0.05) is 48.9 Å². The number of carboxylic acids is 1. The summed E-state index contributed by atoms with van der Waals surface area (Å²) < 4.78 is 26.0. The van der Waals surface area contributed by atoms with Crippen LogP contribution in [0.2, 0.25) is 0 Å². The lowest BCUT2D eigenvalue weighted by molar-refractivity contribution is -0.139. The van der Waals surface area contributed by atoms with Gasteiger partial charge in [-0.3, -0.25) is 4.79 Å². The lowest BCUT2D eigenvalue weighted by atomic mass is 10.0. The second kappa shape index (κ2) is 5.97. The van der Waals surface area contributed by atoms with Gasteiger partial charge in [0.1, 0.15) is 10.8 Å². The van der Waals surface area contributed by atoms with E-state index in [1.807, 2.05) is 26.0 Å². The zero-order chi connectivity index (χ0) is 18.4. The molecule has 0 amide bonds. The Hall–Kier alpha value is -2.18. The van der Waals surface area contributed by atoms with E-state index in [1.54, 1.807) is 24.3 Å². The van der Waals surface area contributed by atoms with Crippen molar-refractivity contribution in [3.05, 3.63) is 65.2 Å². The molecule has 2 aromatic rings. The summed E-state index contributed by atoms with van der Waals surface area (Å²) in [6.45, 7) is 3.87. The van der Waals surface area contributed by atoms with E-state index in [2.05, 4.69) is 0 Å². The van der Waals surface area contributed by atoms with Gasteiger partial charge in [0.15, 0.2) is 9.84 Å². The van der Waals surface area contributed by atoms with Crippen molar-refractivity contribution in [3.8, 4) is 0 Å². The third kappa shape index (κ3) is 2.75. The molecule has 5 nitrogen and oxygen atoms in total. The first kappa shape index (κ1) is 17.6. The average Bonchev–Trinajstić information content (AvgIpc) is 3.24. The topological polar surface area (TPSA) is 97.5 Å². The molecule has 0 heterocycles. The van der Waals surface area contributed by atoms with Gasteiger partial charge >= 0.3 is 5.97 Å². The second-order valence-corrected chi connectivity index (χ2v) is 8.66. The first-order chi connectivity index (χ1) is 11.7. The van der Waals surface area contributed by atoms with E-state index in [0.717, 1.165) is 17.5 Å². The predicted octanol–water partition coefficient (Wildman–Crippen LogP) is 2.28. The molecule has 3 rings (SSSR count). The van der Waals surface area contributed by atoms with Crippen LogP contribution in [0.15, 0.2) is 53.4 Å². The zero-order valence-corrected chi connectivity index (χ0v) is 15.0. The van der Waals surface area contributed by atoms with Crippen LogP contribution in [0.25, 0.3) is 0 Å². The maximum Gasteiger partial charge on any atom is 0.325 e. The quantitative estimate of drug-likeness (QED) is 0.853. The van der Waals surface area contributed by atoms with Crippen molar-refractivity contribution in [1.29, 1.82) is 0 Å². The number of rotatable bonds is 5. The highest BCUT2D eigenvalue weighted by Crippen LogP contribution is 2.55. The molecular weight excluding hydrogens is 338 g/mol. The molecule has 3 atom stereocenters. The molecular formula is C19H21NO4S. The minimum Gasteiger partial charge on any atom is -0.480 e. The number of aryl methyl sites for hydroxylation is 2. The Morgan fingerprint density at radius 2 is 1.68 bits per heavy atom. The van der Waals surface area contributed by atoms with Crippen molar-refractivity contribution in [2.45, 2.75) is 41.9 Å². The summed E-state index contributed by atoms with van der Waals surface area (Å²) in [5, 5.41) is 8.41. The molecule has 0 unspecified atom stereocenters. The van der Waals surface area contributed by atoms with Gasteiger partial charge < -0.3 is 10.8 Å². The molecule has 1 fully saturated rings. The van der Waals surface area contributed by atoms with E-state index in [-0.39, 0.29) is 4.90 Å². The Morgan fingerprint density at radius 3 is 2.16 bits per heavy atom. The van der Waals surface area contributed by atoms with E-state index in [4.69, 9.17) is 5.73 Å². The van der Waals surface area contributed by atoms with Crippen LogP contribution in [0.4, 0.5) is 0 Å². The number of carbonyl (C=O) groups is 1. The van der Waals surface area contributed by atoms with E-state index >= 15 is 0 Å². The summed E-state index contributed by atoms with van der Waals surface area (Å²) in [6.07, 6.45) is 0.850. The third-order valence-corrected chi connectivity index (χ3v) is 7.24. The highest BCUT2D eigenvalue weighted by molar-refractivity contribution is 7.92. The highest BCUT2D eigenvalue weighted by atomic mass is 32.2. The van der Waals surface area contributed by atoms with Crippen LogP contribution < -0.4 is 5.73 Å². The molecule has 25 heavy (non-hydrogen) atoms. The van der Waals surface area contributed by atoms with Crippen molar-refractivity contribution in [1.82, 2.24) is 0 Å². The standard InChI is InChI=1S/C19H21NO4S/c1-3-13-6-8-14(9-7-13)16-17(19(16,20)18(21)22)25(23,24)15-10-4-12(2)5-11-15/h4-11,16-17H,3,20H2,1-2H3,(H,21,22)/t16-,17-,19+/m0/s1. The summed E-state index contributed by atoms with van der Waals surface area (Å²) >= 11 is 0. The van der Waals surface area contributed by atoms with E-state index < -0.39 is 32.5 Å².